The van der Waals surface area contributed by atoms with Gasteiger partial charge in [-0.2, -0.15) is 0 Å². The third-order valence-corrected chi connectivity index (χ3v) is 5.75. The first-order valence-corrected chi connectivity index (χ1v) is 9.10. The molecular formula is C20H25FN2O2. The zero-order chi connectivity index (χ0) is 17.3. The van der Waals surface area contributed by atoms with Gasteiger partial charge in [-0.05, 0) is 50.1 Å². The summed E-state index contributed by atoms with van der Waals surface area (Å²) in [6, 6.07) is 10.9. The van der Waals surface area contributed by atoms with E-state index in [1.807, 2.05) is 18.2 Å². The van der Waals surface area contributed by atoms with E-state index in [2.05, 4.69) is 10.2 Å². The molecule has 0 bridgehead atoms. The zero-order valence-electron chi connectivity index (χ0n) is 14.4. The van der Waals surface area contributed by atoms with Gasteiger partial charge in [0.2, 0.25) is 0 Å². The molecule has 25 heavy (non-hydrogen) atoms. The van der Waals surface area contributed by atoms with Crippen molar-refractivity contribution in [3.8, 4) is 11.3 Å². The van der Waals surface area contributed by atoms with Crippen LogP contribution < -0.4 is 5.32 Å². The lowest BCUT2D eigenvalue weighted by Crippen LogP contribution is -2.61. The molecule has 0 radical (unpaired) electrons. The van der Waals surface area contributed by atoms with Crippen LogP contribution in [0.25, 0.3) is 11.3 Å². The summed E-state index contributed by atoms with van der Waals surface area (Å²) in [6.07, 6.45) is 3.22. The molecule has 2 saturated heterocycles. The van der Waals surface area contributed by atoms with Crippen molar-refractivity contribution in [1.82, 2.24) is 10.2 Å². The summed E-state index contributed by atoms with van der Waals surface area (Å²) in [7, 11) is 0. The molecule has 2 aromatic rings. The highest BCUT2D eigenvalue weighted by Crippen LogP contribution is 2.37. The smallest absolute Gasteiger partial charge is 0.137 e. The number of nitrogens with zero attached hydrogens (tertiary/aromatic N) is 1. The highest BCUT2D eigenvalue weighted by Gasteiger charge is 2.44. The van der Waals surface area contributed by atoms with Crippen molar-refractivity contribution in [2.45, 2.75) is 31.8 Å². The van der Waals surface area contributed by atoms with Crippen LogP contribution in [0.1, 0.15) is 25.0 Å². The topological polar surface area (TPSA) is 48.6 Å². The molecular weight excluding hydrogens is 319 g/mol. The minimum absolute atomic E-state index is 0.0442. The van der Waals surface area contributed by atoms with Gasteiger partial charge in [0.25, 0.3) is 0 Å². The van der Waals surface area contributed by atoms with Gasteiger partial charge in [0.05, 0.1) is 18.7 Å². The quantitative estimate of drug-likeness (QED) is 0.895. The van der Waals surface area contributed by atoms with Gasteiger partial charge in [-0.3, -0.25) is 4.90 Å². The predicted molar refractivity (Wildman–Crippen MR) is 94.5 cm³/mol. The first-order valence-electron chi connectivity index (χ1n) is 9.10. The Morgan fingerprint density at radius 1 is 1.28 bits per heavy atom. The largest absolute Gasteiger partial charge is 0.460 e. The molecule has 0 saturated carbocycles. The van der Waals surface area contributed by atoms with E-state index < -0.39 is 0 Å². The summed E-state index contributed by atoms with van der Waals surface area (Å²) in [5.41, 5.74) is 0.452. The highest BCUT2D eigenvalue weighted by atomic mass is 19.1. The van der Waals surface area contributed by atoms with Crippen molar-refractivity contribution in [1.29, 1.82) is 0 Å². The minimum Gasteiger partial charge on any atom is -0.460 e. The fourth-order valence-corrected chi connectivity index (χ4v) is 4.40. The number of benzene rings is 1. The molecule has 4 nitrogen and oxygen atoms in total. The van der Waals surface area contributed by atoms with E-state index in [1.165, 1.54) is 6.07 Å². The van der Waals surface area contributed by atoms with E-state index in [1.54, 1.807) is 12.1 Å². The van der Waals surface area contributed by atoms with Crippen LogP contribution >= 0.6 is 0 Å². The molecule has 1 aromatic carbocycles. The Kier molecular flexibility index (Phi) is 4.63. The first kappa shape index (κ1) is 16.8. The average Bonchev–Trinajstić information content (AvgIpc) is 3.10. The number of fused-ring (bicyclic) bond motifs is 1. The molecule has 1 aromatic heterocycles. The highest BCUT2D eigenvalue weighted by molar-refractivity contribution is 5.58. The van der Waals surface area contributed by atoms with E-state index in [4.69, 9.17) is 4.42 Å². The standard InChI is InChI=1S/C20H25FN2O2/c21-17-5-2-1-4-16(17)18-7-6-15(25-18)12-23-11-8-19-20(13-23,14-24)9-3-10-22-19/h1-2,4-7,19,22,24H,3,8-14H2/t19-,20-/m1/s1. The SMILES string of the molecule is OC[C@]12CCCN[C@@H]1CCN(Cc1ccc(-c3ccccc3F)o1)C2. The van der Waals surface area contributed by atoms with Gasteiger partial charge in [0.15, 0.2) is 0 Å². The van der Waals surface area contributed by atoms with Gasteiger partial charge in [0, 0.05) is 24.5 Å². The maximum absolute atomic E-state index is 13.9. The monoisotopic (exact) mass is 344 g/mol. The summed E-state index contributed by atoms with van der Waals surface area (Å²) in [4.78, 5) is 2.35. The Morgan fingerprint density at radius 2 is 2.16 bits per heavy atom. The van der Waals surface area contributed by atoms with E-state index in [9.17, 15) is 9.50 Å². The number of nitrogens with one attached hydrogen (secondary N) is 1. The van der Waals surface area contributed by atoms with Gasteiger partial charge < -0.3 is 14.8 Å². The van der Waals surface area contributed by atoms with Gasteiger partial charge in [-0.1, -0.05) is 12.1 Å². The molecule has 0 amide bonds. The van der Waals surface area contributed by atoms with Crippen LogP contribution in [0.5, 0.6) is 0 Å². The Bertz CT molecular complexity index is 732. The lowest BCUT2D eigenvalue weighted by Gasteiger charge is -2.50. The maximum atomic E-state index is 13.9. The molecule has 5 heteroatoms. The number of rotatable bonds is 4. The number of halogens is 1. The number of furan rings is 1. The van der Waals surface area contributed by atoms with Crippen LogP contribution in [0.4, 0.5) is 4.39 Å². The van der Waals surface area contributed by atoms with E-state index in [-0.39, 0.29) is 17.8 Å². The number of piperidine rings is 2. The van der Waals surface area contributed by atoms with Crippen molar-refractivity contribution in [2.75, 3.05) is 26.2 Å². The summed E-state index contributed by atoms with van der Waals surface area (Å²) >= 11 is 0. The minimum atomic E-state index is -0.267. The summed E-state index contributed by atoms with van der Waals surface area (Å²) < 4.78 is 19.8. The first-order chi connectivity index (χ1) is 12.2. The maximum Gasteiger partial charge on any atom is 0.137 e. The lowest BCUT2D eigenvalue weighted by molar-refractivity contribution is -0.0239. The Balaban J connectivity index is 1.47. The van der Waals surface area contributed by atoms with Crippen molar-refractivity contribution in [2.24, 2.45) is 5.41 Å². The van der Waals surface area contributed by atoms with Crippen LogP contribution in [0.2, 0.25) is 0 Å². The summed E-state index contributed by atoms with van der Waals surface area (Å²) in [5.74, 6) is 1.14. The predicted octanol–water partition coefficient (Wildman–Crippen LogP) is 3.02. The molecule has 2 atom stereocenters. The van der Waals surface area contributed by atoms with Gasteiger partial charge in [-0.25, -0.2) is 4.39 Å². The Hall–Kier alpha value is -1.69. The molecule has 2 aliphatic heterocycles. The number of aliphatic hydroxyl groups excluding tert-OH is 1. The zero-order valence-corrected chi connectivity index (χ0v) is 14.4. The normalized spacial score (nSPS) is 27.2. The molecule has 4 rings (SSSR count). The number of aliphatic hydroxyl groups is 1. The average molecular weight is 344 g/mol. The van der Waals surface area contributed by atoms with Crippen LogP contribution in [-0.4, -0.2) is 42.3 Å². The van der Waals surface area contributed by atoms with Gasteiger partial charge in [-0.15, -0.1) is 0 Å². The fourth-order valence-electron chi connectivity index (χ4n) is 4.40. The Morgan fingerprint density at radius 3 is 3.00 bits per heavy atom. The van der Waals surface area contributed by atoms with Gasteiger partial charge >= 0.3 is 0 Å². The van der Waals surface area contributed by atoms with Crippen molar-refractivity contribution >= 4 is 0 Å². The third kappa shape index (κ3) is 3.24. The van der Waals surface area contributed by atoms with E-state index >= 15 is 0 Å². The number of hydrogen-bond donors (Lipinski definition) is 2. The number of likely N-dealkylation sites (tertiary alicyclic amines) is 1. The second-order valence-electron chi connectivity index (χ2n) is 7.38. The van der Waals surface area contributed by atoms with Crippen LogP contribution in [0, 0.1) is 11.2 Å². The van der Waals surface area contributed by atoms with Crippen LogP contribution in [-0.2, 0) is 6.54 Å². The molecule has 2 fully saturated rings. The molecule has 2 aliphatic rings. The lowest BCUT2D eigenvalue weighted by atomic mass is 9.71. The summed E-state index contributed by atoms with van der Waals surface area (Å²) in [6.45, 7) is 3.82. The molecule has 2 N–H and O–H groups in total. The molecule has 134 valence electrons. The summed E-state index contributed by atoms with van der Waals surface area (Å²) in [5, 5.41) is 13.6. The second kappa shape index (κ2) is 6.90. The molecule has 0 spiro atoms. The van der Waals surface area contributed by atoms with E-state index in [0.29, 0.717) is 23.9 Å². The second-order valence-corrected chi connectivity index (χ2v) is 7.38. The molecule has 0 aliphatic carbocycles. The Labute approximate surface area is 147 Å². The molecule has 0 unspecified atom stereocenters. The van der Waals surface area contributed by atoms with Crippen LogP contribution in [0.3, 0.4) is 0 Å². The van der Waals surface area contributed by atoms with Crippen LogP contribution in [0.15, 0.2) is 40.8 Å². The van der Waals surface area contributed by atoms with Crippen molar-refractivity contribution < 1.29 is 13.9 Å². The van der Waals surface area contributed by atoms with Gasteiger partial charge in [0.1, 0.15) is 17.3 Å². The molecule has 3 heterocycles. The van der Waals surface area contributed by atoms with Crippen molar-refractivity contribution in [3.05, 3.63) is 48.0 Å². The third-order valence-electron chi connectivity index (χ3n) is 5.75. The van der Waals surface area contributed by atoms with Crippen molar-refractivity contribution in [3.63, 3.8) is 0 Å². The number of hydrogen-bond acceptors (Lipinski definition) is 4. The fraction of sp³-hybridized carbons (Fsp3) is 0.500. The van der Waals surface area contributed by atoms with E-state index in [0.717, 1.165) is 44.7 Å².